The Labute approximate surface area is 131 Å². The van der Waals surface area contributed by atoms with Crippen LogP contribution in [0.15, 0.2) is 41.6 Å². The minimum absolute atomic E-state index is 0.118. The van der Waals surface area contributed by atoms with Crippen molar-refractivity contribution in [2.45, 2.75) is 17.3 Å². The molecule has 0 aliphatic rings. The maximum atomic E-state index is 8.71. The van der Waals surface area contributed by atoms with Crippen LogP contribution in [0.5, 0.6) is 0 Å². The number of nitrogens with zero attached hydrogens (tertiary/aromatic N) is 1. The van der Waals surface area contributed by atoms with Gasteiger partial charge in [0.2, 0.25) is 0 Å². The van der Waals surface area contributed by atoms with E-state index >= 15 is 0 Å². The number of thioether (sulfide) groups is 1. The number of rotatable bonds is 4. The van der Waals surface area contributed by atoms with Crippen LogP contribution in [0.4, 0.5) is 0 Å². The number of H-pyrrole nitrogens is 1. The molecule has 106 valence electrons. The maximum Gasteiger partial charge on any atom is 0.166 e. The van der Waals surface area contributed by atoms with Crippen molar-refractivity contribution in [3.8, 4) is 11.8 Å². The maximum absolute atomic E-state index is 8.71. The first-order chi connectivity index (χ1) is 10.3. The Bertz CT molecular complexity index is 762. The van der Waals surface area contributed by atoms with Crippen LogP contribution < -0.4 is 0 Å². The zero-order chi connectivity index (χ0) is 14.5. The molecule has 3 rings (SSSR count). The number of nitrogens with one attached hydrogen (secondary N) is 1. The van der Waals surface area contributed by atoms with Gasteiger partial charge >= 0.3 is 0 Å². The largest absolute Gasteiger partial charge is 0.395 e. The van der Waals surface area contributed by atoms with Crippen LogP contribution in [0.2, 0.25) is 0 Å². The predicted molar refractivity (Wildman–Crippen MR) is 88.6 cm³/mol. The molecule has 0 radical (unpaired) electrons. The molecule has 0 fully saturated rings. The van der Waals surface area contributed by atoms with E-state index in [4.69, 9.17) is 5.11 Å². The monoisotopic (exact) mass is 314 g/mol. The molecule has 0 amide bonds. The second-order valence-electron chi connectivity index (χ2n) is 4.39. The zero-order valence-electron chi connectivity index (χ0n) is 11.3. The molecule has 2 aromatic heterocycles. The number of thiophene rings is 1. The van der Waals surface area contributed by atoms with Crippen LogP contribution in [0.25, 0.3) is 11.0 Å². The van der Waals surface area contributed by atoms with Crippen molar-refractivity contribution in [1.82, 2.24) is 9.97 Å². The summed E-state index contributed by atoms with van der Waals surface area (Å²) in [6.45, 7) is 0.118. The van der Waals surface area contributed by atoms with E-state index in [-0.39, 0.29) is 6.61 Å². The number of aromatic amines is 1. The fourth-order valence-corrected chi connectivity index (χ4v) is 3.68. The topological polar surface area (TPSA) is 48.9 Å². The summed E-state index contributed by atoms with van der Waals surface area (Å²) < 4.78 is 0. The van der Waals surface area contributed by atoms with Crippen LogP contribution in [-0.2, 0) is 5.75 Å². The SMILES string of the molecule is OCCC#Cc1ccc(CSc2nc3ccccc3[nH]2)s1. The van der Waals surface area contributed by atoms with E-state index in [9.17, 15) is 0 Å². The summed E-state index contributed by atoms with van der Waals surface area (Å²) in [6.07, 6.45) is 0.529. The summed E-state index contributed by atoms with van der Waals surface area (Å²) in [5, 5.41) is 9.65. The lowest BCUT2D eigenvalue weighted by Gasteiger charge is -1.93. The van der Waals surface area contributed by atoms with Gasteiger partial charge in [0.15, 0.2) is 5.16 Å². The van der Waals surface area contributed by atoms with Gasteiger partial charge in [-0.05, 0) is 24.3 Å². The third-order valence-electron chi connectivity index (χ3n) is 2.83. The molecule has 1 aromatic carbocycles. The Morgan fingerprint density at radius 2 is 2.14 bits per heavy atom. The second kappa shape index (κ2) is 6.81. The van der Waals surface area contributed by atoms with Crippen molar-refractivity contribution in [2.24, 2.45) is 0 Å². The quantitative estimate of drug-likeness (QED) is 0.571. The average molecular weight is 314 g/mol. The number of aliphatic hydroxyl groups is 1. The van der Waals surface area contributed by atoms with E-state index in [0.717, 1.165) is 26.8 Å². The van der Waals surface area contributed by atoms with Crippen LogP contribution in [0, 0.1) is 11.8 Å². The molecule has 3 aromatic rings. The fourth-order valence-electron chi connectivity index (χ4n) is 1.87. The first-order valence-corrected chi connectivity index (χ1v) is 8.41. The van der Waals surface area contributed by atoms with Gasteiger partial charge < -0.3 is 10.1 Å². The van der Waals surface area contributed by atoms with E-state index in [2.05, 4.69) is 27.9 Å². The minimum Gasteiger partial charge on any atom is -0.395 e. The first-order valence-electron chi connectivity index (χ1n) is 6.61. The van der Waals surface area contributed by atoms with E-state index in [1.165, 1.54) is 4.88 Å². The molecule has 2 heterocycles. The van der Waals surface area contributed by atoms with Gasteiger partial charge in [-0.25, -0.2) is 4.98 Å². The minimum atomic E-state index is 0.118. The molecule has 0 saturated carbocycles. The molecule has 0 bridgehead atoms. The highest BCUT2D eigenvalue weighted by molar-refractivity contribution is 7.98. The van der Waals surface area contributed by atoms with Gasteiger partial charge in [0.05, 0.1) is 22.5 Å². The van der Waals surface area contributed by atoms with Crippen molar-refractivity contribution in [3.05, 3.63) is 46.2 Å². The molecule has 0 atom stereocenters. The van der Waals surface area contributed by atoms with Crippen molar-refractivity contribution >= 4 is 34.1 Å². The summed E-state index contributed by atoms with van der Waals surface area (Å²) in [5.74, 6) is 6.88. The Kier molecular flexibility index (Phi) is 4.61. The molecule has 5 heteroatoms. The van der Waals surface area contributed by atoms with Crippen LogP contribution in [-0.4, -0.2) is 21.7 Å². The molecule has 21 heavy (non-hydrogen) atoms. The number of para-hydroxylation sites is 2. The molecule has 3 nitrogen and oxygen atoms in total. The van der Waals surface area contributed by atoms with Gasteiger partial charge in [-0.3, -0.25) is 0 Å². The number of hydrogen-bond donors (Lipinski definition) is 2. The van der Waals surface area contributed by atoms with E-state index in [1.54, 1.807) is 23.1 Å². The van der Waals surface area contributed by atoms with Crippen molar-refractivity contribution in [1.29, 1.82) is 0 Å². The highest BCUT2D eigenvalue weighted by Crippen LogP contribution is 2.26. The standard InChI is InChI=1S/C16H14N2OS2/c19-10-4-3-5-12-8-9-13(21-12)11-20-16-17-14-6-1-2-7-15(14)18-16/h1-2,6-9,19H,4,10-11H2,(H,17,18). The average Bonchev–Trinajstić information content (AvgIpc) is 3.11. The van der Waals surface area contributed by atoms with Gasteiger partial charge in [-0.1, -0.05) is 35.7 Å². The van der Waals surface area contributed by atoms with Crippen LogP contribution in [0.1, 0.15) is 16.2 Å². The Morgan fingerprint density at radius 3 is 3.00 bits per heavy atom. The first kappa shape index (κ1) is 14.2. The number of benzene rings is 1. The van der Waals surface area contributed by atoms with Crippen molar-refractivity contribution < 1.29 is 5.11 Å². The number of aliphatic hydroxyl groups excluding tert-OH is 1. The Morgan fingerprint density at radius 1 is 1.24 bits per heavy atom. The van der Waals surface area contributed by atoms with E-state index < -0.39 is 0 Å². The van der Waals surface area contributed by atoms with Crippen molar-refractivity contribution in [2.75, 3.05) is 6.61 Å². The molecule has 0 saturated heterocycles. The van der Waals surface area contributed by atoms with Gasteiger partial charge in [0, 0.05) is 17.1 Å². The predicted octanol–water partition coefficient (Wildman–Crippen LogP) is 3.65. The Hall–Kier alpha value is -1.74. The third-order valence-corrected chi connectivity index (χ3v) is 4.93. The van der Waals surface area contributed by atoms with E-state index in [0.29, 0.717) is 6.42 Å². The summed E-state index contributed by atoms with van der Waals surface area (Å²) in [6, 6.07) is 12.2. The highest BCUT2D eigenvalue weighted by atomic mass is 32.2. The molecular weight excluding hydrogens is 300 g/mol. The number of imidazole rings is 1. The summed E-state index contributed by atoms with van der Waals surface area (Å²) in [4.78, 5) is 10.2. The zero-order valence-corrected chi connectivity index (χ0v) is 12.9. The highest BCUT2D eigenvalue weighted by Gasteiger charge is 2.04. The lowest BCUT2D eigenvalue weighted by atomic mass is 10.3. The fraction of sp³-hybridized carbons (Fsp3) is 0.188. The smallest absolute Gasteiger partial charge is 0.166 e. The molecule has 2 N–H and O–H groups in total. The second-order valence-corrected chi connectivity index (χ2v) is 6.52. The third kappa shape index (κ3) is 3.67. The summed E-state index contributed by atoms with van der Waals surface area (Å²) in [7, 11) is 0. The van der Waals surface area contributed by atoms with Crippen LogP contribution in [0.3, 0.4) is 0 Å². The molecule has 0 aliphatic heterocycles. The van der Waals surface area contributed by atoms with Gasteiger partial charge in [-0.2, -0.15) is 0 Å². The van der Waals surface area contributed by atoms with E-state index in [1.807, 2.05) is 30.3 Å². The number of aromatic nitrogens is 2. The Balaban J connectivity index is 1.63. The summed E-state index contributed by atoms with van der Waals surface area (Å²) >= 11 is 3.39. The lowest BCUT2D eigenvalue weighted by Crippen LogP contribution is -1.76. The molecule has 0 unspecified atom stereocenters. The van der Waals surface area contributed by atoms with Gasteiger partial charge in [-0.15, -0.1) is 11.3 Å². The van der Waals surface area contributed by atoms with Gasteiger partial charge in [0.25, 0.3) is 0 Å². The van der Waals surface area contributed by atoms with Crippen LogP contribution >= 0.6 is 23.1 Å². The molecule has 0 spiro atoms. The molecular formula is C16H14N2OS2. The number of fused-ring (bicyclic) bond motifs is 1. The number of hydrogen-bond acceptors (Lipinski definition) is 4. The molecule has 0 aliphatic carbocycles. The summed E-state index contributed by atoms with van der Waals surface area (Å²) in [5.41, 5.74) is 2.07. The van der Waals surface area contributed by atoms with Crippen molar-refractivity contribution in [3.63, 3.8) is 0 Å². The lowest BCUT2D eigenvalue weighted by molar-refractivity contribution is 0.305. The van der Waals surface area contributed by atoms with Gasteiger partial charge in [0.1, 0.15) is 0 Å². The normalized spacial score (nSPS) is 10.5.